The lowest BCUT2D eigenvalue weighted by atomic mass is 10.0. The van der Waals surface area contributed by atoms with Gasteiger partial charge in [0.1, 0.15) is 5.75 Å². The quantitative estimate of drug-likeness (QED) is 0.630. The molecule has 0 radical (unpaired) electrons. The molecule has 2 amide bonds. The van der Waals surface area contributed by atoms with Crippen LogP contribution in [0, 0.1) is 0 Å². The van der Waals surface area contributed by atoms with Crippen LogP contribution >= 0.6 is 11.6 Å². The number of rotatable bonds is 8. The Hall–Kier alpha value is -2.57. The zero-order valence-corrected chi connectivity index (χ0v) is 17.3. The number of quaternary nitrogens is 1. The van der Waals surface area contributed by atoms with Gasteiger partial charge in [0, 0.05) is 17.3 Å². The van der Waals surface area contributed by atoms with Crippen molar-refractivity contribution in [1.29, 1.82) is 0 Å². The molecule has 0 fully saturated rings. The molecular formula is C21H27ClN3O3+. The number of hydrogen-bond acceptors (Lipinski definition) is 3. The maximum atomic E-state index is 13.1. The Morgan fingerprint density at radius 2 is 1.82 bits per heavy atom. The van der Waals surface area contributed by atoms with E-state index in [1.54, 1.807) is 18.2 Å². The summed E-state index contributed by atoms with van der Waals surface area (Å²) in [6, 6.07) is 14.0. The van der Waals surface area contributed by atoms with Crippen LogP contribution in [0.15, 0.2) is 48.5 Å². The highest BCUT2D eigenvalue weighted by atomic mass is 35.5. The molecule has 150 valence electrons. The fraction of sp³-hybridized carbons (Fsp3) is 0.333. The predicted molar refractivity (Wildman–Crippen MR) is 111 cm³/mol. The monoisotopic (exact) mass is 404 g/mol. The molecule has 0 heterocycles. The highest BCUT2D eigenvalue weighted by Crippen LogP contribution is 2.27. The minimum Gasteiger partial charge on any atom is -0.495 e. The maximum Gasteiger partial charge on any atom is 0.287 e. The van der Waals surface area contributed by atoms with E-state index in [9.17, 15) is 9.59 Å². The normalized spacial score (nSPS) is 12.9. The van der Waals surface area contributed by atoms with Crippen LogP contribution in [-0.2, 0) is 9.59 Å². The molecule has 7 heteroatoms. The molecule has 28 heavy (non-hydrogen) atoms. The molecule has 0 spiro atoms. The van der Waals surface area contributed by atoms with Gasteiger partial charge in [0.2, 0.25) is 0 Å². The van der Waals surface area contributed by atoms with Crippen LogP contribution in [0.1, 0.15) is 25.5 Å². The number of halogens is 1. The van der Waals surface area contributed by atoms with E-state index >= 15 is 0 Å². The summed E-state index contributed by atoms with van der Waals surface area (Å²) in [6.45, 7) is 3.98. The fourth-order valence-corrected chi connectivity index (χ4v) is 3.25. The number of benzene rings is 2. The summed E-state index contributed by atoms with van der Waals surface area (Å²) in [7, 11) is 3.36. The van der Waals surface area contributed by atoms with Crippen molar-refractivity contribution >= 4 is 29.1 Å². The SMILES string of the molecule is COc1ccc(NC(=O)[C@H](c2ccccc2)[NH+](C)CC(=O)NC(C)C)cc1Cl. The number of likely N-dealkylation sites (N-methyl/N-ethyl adjacent to an activating group) is 1. The second-order valence-corrected chi connectivity index (χ2v) is 7.33. The van der Waals surface area contributed by atoms with Crippen LogP contribution in [0.4, 0.5) is 5.69 Å². The van der Waals surface area contributed by atoms with Crippen molar-refractivity contribution in [1.82, 2.24) is 5.32 Å². The Morgan fingerprint density at radius 3 is 2.39 bits per heavy atom. The van der Waals surface area contributed by atoms with E-state index < -0.39 is 6.04 Å². The molecule has 1 unspecified atom stereocenters. The molecule has 0 saturated carbocycles. The van der Waals surface area contributed by atoms with Gasteiger partial charge in [0.15, 0.2) is 12.6 Å². The second kappa shape index (κ2) is 10.1. The molecule has 0 saturated heterocycles. The van der Waals surface area contributed by atoms with Crippen LogP contribution in [-0.4, -0.2) is 38.6 Å². The van der Waals surface area contributed by atoms with Crippen molar-refractivity contribution in [2.45, 2.75) is 25.9 Å². The zero-order valence-electron chi connectivity index (χ0n) is 16.6. The summed E-state index contributed by atoms with van der Waals surface area (Å²) in [5.41, 5.74) is 1.39. The average Bonchev–Trinajstić information content (AvgIpc) is 2.62. The highest BCUT2D eigenvalue weighted by molar-refractivity contribution is 6.32. The first-order chi connectivity index (χ1) is 13.3. The number of ether oxygens (including phenoxy) is 1. The van der Waals surface area contributed by atoms with Crippen LogP contribution in [0.25, 0.3) is 0 Å². The Balaban J connectivity index is 2.22. The molecule has 2 aromatic carbocycles. The van der Waals surface area contributed by atoms with Gasteiger partial charge in [-0.2, -0.15) is 0 Å². The number of carbonyl (C=O) groups is 2. The summed E-state index contributed by atoms with van der Waals surface area (Å²) in [5.74, 6) is 0.211. The van der Waals surface area contributed by atoms with Gasteiger partial charge in [0.05, 0.1) is 19.2 Å². The smallest absolute Gasteiger partial charge is 0.287 e. The Labute approximate surface area is 170 Å². The number of anilines is 1. The number of hydrogen-bond donors (Lipinski definition) is 3. The summed E-state index contributed by atoms with van der Waals surface area (Å²) in [4.78, 5) is 26.1. The number of carbonyl (C=O) groups excluding carboxylic acids is 2. The lowest BCUT2D eigenvalue weighted by Gasteiger charge is -2.24. The lowest BCUT2D eigenvalue weighted by molar-refractivity contribution is -0.894. The lowest BCUT2D eigenvalue weighted by Crippen LogP contribution is -3.11. The largest absolute Gasteiger partial charge is 0.495 e. The van der Waals surface area contributed by atoms with E-state index in [1.807, 2.05) is 51.2 Å². The van der Waals surface area contributed by atoms with Crippen molar-refractivity contribution in [3.63, 3.8) is 0 Å². The first-order valence-electron chi connectivity index (χ1n) is 9.12. The first-order valence-corrected chi connectivity index (χ1v) is 9.50. The van der Waals surface area contributed by atoms with Crippen LogP contribution in [0.2, 0.25) is 5.02 Å². The van der Waals surface area contributed by atoms with E-state index in [-0.39, 0.29) is 24.4 Å². The Morgan fingerprint density at radius 1 is 1.14 bits per heavy atom. The molecule has 2 atom stereocenters. The molecule has 2 aromatic rings. The molecule has 0 aromatic heterocycles. The number of nitrogens with one attached hydrogen (secondary N) is 3. The third kappa shape index (κ3) is 5.97. The molecule has 0 aliphatic carbocycles. The van der Waals surface area contributed by atoms with Gasteiger partial charge in [0.25, 0.3) is 11.8 Å². The highest BCUT2D eigenvalue weighted by Gasteiger charge is 2.30. The molecular weight excluding hydrogens is 378 g/mol. The molecule has 0 bridgehead atoms. The number of amides is 2. The van der Waals surface area contributed by atoms with Gasteiger partial charge in [-0.3, -0.25) is 9.59 Å². The van der Waals surface area contributed by atoms with Gasteiger partial charge in [-0.25, -0.2) is 0 Å². The van der Waals surface area contributed by atoms with Crippen molar-refractivity contribution in [2.24, 2.45) is 0 Å². The van der Waals surface area contributed by atoms with Crippen molar-refractivity contribution in [2.75, 3.05) is 26.0 Å². The van der Waals surface area contributed by atoms with Gasteiger partial charge in [-0.05, 0) is 32.0 Å². The van der Waals surface area contributed by atoms with E-state index in [1.165, 1.54) is 7.11 Å². The Kier molecular flexibility index (Phi) is 7.84. The molecule has 6 nitrogen and oxygen atoms in total. The van der Waals surface area contributed by atoms with Gasteiger partial charge in [-0.15, -0.1) is 0 Å². The second-order valence-electron chi connectivity index (χ2n) is 6.93. The summed E-state index contributed by atoms with van der Waals surface area (Å²) in [5, 5.41) is 6.17. The summed E-state index contributed by atoms with van der Waals surface area (Å²) >= 11 is 6.15. The van der Waals surface area contributed by atoms with E-state index in [0.717, 1.165) is 10.5 Å². The van der Waals surface area contributed by atoms with Gasteiger partial charge >= 0.3 is 0 Å². The van der Waals surface area contributed by atoms with Crippen molar-refractivity contribution < 1.29 is 19.2 Å². The third-order valence-corrected chi connectivity index (χ3v) is 4.49. The molecule has 0 aliphatic rings. The molecule has 2 rings (SSSR count). The maximum absolute atomic E-state index is 13.1. The minimum atomic E-state index is -0.556. The first kappa shape index (κ1) is 21.7. The van der Waals surface area contributed by atoms with Crippen molar-refractivity contribution in [3.05, 3.63) is 59.1 Å². The molecule has 3 N–H and O–H groups in total. The fourth-order valence-electron chi connectivity index (χ4n) is 2.99. The minimum absolute atomic E-state index is 0.0470. The average molecular weight is 405 g/mol. The van der Waals surface area contributed by atoms with Crippen LogP contribution in [0.5, 0.6) is 5.75 Å². The zero-order chi connectivity index (χ0) is 20.7. The van der Waals surface area contributed by atoms with Crippen molar-refractivity contribution in [3.8, 4) is 5.75 Å². The number of methoxy groups -OCH3 is 1. The van der Waals surface area contributed by atoms with Crippen LogP contribution < -0.4 is 20.3 Å². The van der Waals surface area contributed by atoms with E-state index in [4.69, 9.17) is 16.3 Å². The van der Waals surface area contributed by atoms with Crippen LogP contribution in [0.3, 0.4) is 0 Å². The van der Waals surface area contributed by atoms with Gasteiger partial charge < -0.3 is 20.3 Å². The topological polar surface area (TPSA) is 71.9 Å². The Bertz CT molecular complexity index is 812. The standard InChI is InChI=1S/C21H26ClN3O3/c1-14(2)23-19(26)13-25(3)20(15-8-6-5-7-9-15)21(27)24-16-10-11-18(28-4)17(22)12-16/h5-12,14,20H,13H2,1-4H3,(H,23,26)(H,24,27)/p+1/t20-/m0/s1. The van der Waals surface area contributed by atoms with E-state index in [0.29, 0.717) is 16.5 Å². The summed E-state index contributed by atoms with van der Waals surface area (Å²) < 4.78 is 5.14. The third-order valence-electron chi connectivity index (χ3n) is 4.20. The molecule has 0 aliphatic heterocycles. The summed E-state index contributed by atoms with van der Waals surface area (Å²) in [6.07, 6.45) is 0. The van der Waals surface area contributed by atoms with Gasteiger partial charge in [-0.1, -0.05) is 41.9 Å². The predicted octanol–water partition coefficient (Wildman–Crippen LogP) is 2.07. The van der Waals surface area contributed by atoms with E-state index in [2.05, 4.69) is 10.6 Å².